The Morgan fingerprint density at radius 2 is 1.62 bits per heavy atom. The first-order valence-corrected chi connectivity index (χ1v) is 19.9. The van der Waals surface area contributed by atoms with Gasteiger partial charge in [-0.15, -0.1) is 0 Å². The van der Waals surface area contributed by atoms with Gasteiger partial charge in [-0.05, 0) is 118 Å². The summed E-state index contributed by atoms with van der Waals surface area (Å²) in [7, 11) is 0. The Bertz CT molecular complexity index is 2040. The van der Waals surface area contributed by atoms with Gasteiger partial charge in [-0.2, -0.15) is 4.99 Å². The second-order valence-corrected chi connectivity index (χ2v) is 14.8. The minimum atomic E-state index is -0.712. The molecule has 8 nitrogen and oxygen atoms in total. The van der Waals surface area contributed by atoms with Crippen molar-refractivity contribution in [2.24, 2.45) is 4.99 Å². The van der Waals surface area contributed by atoms with Crippen molar-refractivity contribution < 1.29 is 23.9 Å². The van der Waals surface area contributed by atoms with E-state index < -0.39 is 17.9 Å². The van der Waals surface area contributed by atoms with Crippen LogP contribution in [0.5, 0.6) is 11.5 Å². The van der Waals surface area contributed by atoms with E-state index in [0.717, 1.165) is 35.6 Å². The van der Waals surface area contributed by atoms with Crippen molar-refractivity contribution >= 4 is 85.9 Å². The maximum Gasteiger partial charge on any atom is 0.285 e. The van der Waals surface area contributed by atoms with Crippen LogP contribution in [-0.2, 0) is 21.0 Å². The Kier molecular flexibility index (Phi) is 14.7. The lowest BCUT2D eigenvalue weighted by Crippen LogP contribution is -2.42. The third-order valence-electron chi connectivity index (χ3n) is 7.85. The number of ether oxygens (including phenoxy) is 2. The largest absolute Gasteiger partial charge is 0.490 e. The van der Waals surface area contributed by atoms with Crippen LogP contribution in [0.2, 0.25) is 0 Å². The molecule has 270 valence electrons. The lowest BCUT2D eigenvalue weighted by molar-refractivity contribution is -0.126. The van der Waals surface area contributed by atoms with Crippen LogP contribution in [-0.4, -0.2) is 40.1 Å². The first-order chi connectivity index (χ1) is 25.7. The Hall–Kier alpha value is -4.47. The van der Waals surface area contributed by atoms with Gasteiger partial charge in [0.05, 0.1) is 22.0 Å². The van der Waals surface area contributed by atoms with E-state index in [1.165, 1.54) is 11.0 Å². The summed E-state index contributed by atoms with van der Waals surface area (Å²) in [4.78, 5) is 47.0. The SMILES string of the molecule is C=C/C=C\C(=C/C)N1C(=O)/C(=C/c2cc(I)c(OCc3ccc(I)cc3)c(OCC)c2)C(=O)N=C1SCC(=O)NC(c1ccccc1)c1ccccc1. The molecule has 0 aliphatic carbocycles. The molecule has 0 bridgehead atoms. The van der Waals surface area contributed by atoms with Crippen molar-refractivity contribution in [1.29, 1.82) is 0 Å². The normalized spacial score (nSPS) is 14.1. The molecule has 0 aromatic heterocycles. The molecule has 0 unspecified atom stereocenters. The number of nitrogens with one attached hydrogen (secondary N) is 1. The van der Waals surface area contributed by atoms with E-state index in [0.29, 0.717) is 36.0 Å². The summed E-state index contributed by atoms with van der Waals surface area (Å²) in [6, 6.07) is 30.6. The van der Waals surface area contributed by atoms with Crippen molar-refractivity contribution in [2.45, 2.75) is 26.5 Å². The van der Waals surface area contributed by atoms with Crippen LogP contribution in [0, 0.1) is 7.14 Å². The van der Waals surface area contributed by atoms with E-state index in [1.807, 2.05) is 97.9 Å². The highest BCUT2D eigenvalue weighted by molar-refractivity contribution is 14.1. The zero-order valence-electron chi connectivity index (χ0n) is 29.1. The molecule has 4 aromatic rings. The summed E-state index contributed by atoms with van der Waals surface area (Å²) in [5, 5.41) is 3.20. The third kappa shape index (κ3) is 10.6. The van der Waals surface area contributed by atoms with Gasteiger partial charge < -0.3 is 14.8 Å². The molecular weight excluding hydrogens is 912 g/mol. The molecule has 3 amide bonds. The number of carbonyl (C=O) groups excluding carboxylic acids is 3. The number of rotatable bonds is 14. The predicted molar refractivity (Wildman–Crippen MR) is 230 cm³/mol. The summed E-state index contributed by atoms with van der Waals surface area (Å²) in [5.41, 5.74) is 3.76. The number of carbonyl (C=O) groups is 3. The quantitative estimate of drug-likeness (QED) is 0.0587. The summed E-state index contributed by atoms with van der Waals surface area (Å²) in [6.07, 6.45) is 8.22. The summed E-state index contributed by atoms with van der Waals surface area (Å²) in [6.45, 7) is 8.13. The number of benzene rings is 4. The fraction of sp³-hybridized carbons (Fsp3) is 0.143. The number of allylic oxidation sites excluding steroid dienone is 4. The highest BCUT2D eigenvalue weighted by Crippen LogP contribution is 2.36. The lowest BCUT2D eigenvalue weighted by Gasteiger charge is -2.28. The van der Waals surface area contributed by atoms with Crippen molar-refractivity contribution in [3.63, 3.8) is 0 Å². The van der Waals surface area contributed by atoms with Crippen molar-refractivity contribution in [2.75, 3.05) is 12.4 Å². The molecule has 0 saturated heterocycles. The third-order valence-corrected chi connectivity index (χ3v) is 10.3. The maximum atomic E-state index is 14.2. The van der Waals surface area contributed by atoms with Crippen LogP contribution in [0.1, 0.15) is 42.1 Å². The van der Waals surface area contributed by atoms with Gasteiger partial charge in [0.2, 0.25) is 5.91 Å². The Morgan fingerprint density at radius 1 is 0.962 bits per heavy atom. The molecule has 5 rings (SSSR count). The number of aliphatic imine (C=N–C) groups is 1. The predicted octanol–water partition coefficient (Wildman–Crippen LogP) is 9.27. The van der Waals surface area contributed by atoms with Gasteiger partial charge in [-0.25, -0.2) is 0 Å². The molecule has 1 heterocycles. The van der Waals surface area contributed by atoms with Crippen molar-refractivity contribution in [3.8, 4) is 11.5 Å². The van der Waals surface area contributed by atoms with E-state index in [4.69, 9.17) is 9.47 Å². The zero-order valence-corrected chi connectivity index (χ0v) is 34.3. The second-order valence-electron chi connectivity index (χ2n) is 11.5. The highest BCUT2D eigenvalue weighted by atomic mass is 127. The van der Waals surface area contributed by atoms with E-state index in [9.17, 15) is 14.4 Å². The van der Waals surface area contributed by atoms with Gasteiger partial charge in [-0.1, -0.05) is 109 Å². The average molecular weight is 950 g/mol. The van der Waals surface area contributed by atoms with Crippen LogP contribution >= 0.6 is 56.9 Å². The summed E-state index contributed by atoms with van der Waals surface area (Å²) >= 11 is 5.44. The van der Waals surface area contributed by atoms with Crippen LogP contribution in [0.15, 0.2) is 144 Å². The fourth-order valence-electron chi connectivity index (χ4n) is 5.37. The summed E-state index contributed by atoms with van der Waals surface area (Å²) in [5.74, 6) is -0.611. The fourth-order valence-corrected chi connectivity index (χ4v) is 7.32. The van der Waals surface area contributed by atoms with Gasteiger partial charge in [-0.3, -0.25) is 19.3 Å². The van der Waals surface area contributed by atoms with Gasteiger partial charge >= 0.3 is 0 Å². The second kappa shape index (κ2) is 19.6. The molecule has 0 saturated carbocycles. The molecule has 1 aliphatic rings. The van der Waals surface area contributed by atoms with Crippen LogP contribution in [0.3, 0.4) is 0 Å². The monoisotopic (exact) mass is 949 g/mol. The lowest BCUT2D eigenvalue weighted by atomic mass is 9.99. The summed E-state index contributed by atoms with van der Waals surface area (Å²) < 4.78 is 14.0. The molecule has 0 atom stereocenters. The number of hydrogen-bond acceptors (Lipinski definition) is 6. The standard InChI is InChI=1S/C42H37I2N3O5S/c1-4-7-18-33(5-2)47-41(50)34(23-29-24-35(44)39(36(25-29)51-6-3)52-26-28-19-21-32(43)22-20-28)40(49)46-42(47)53-27-37(48)45-38(30-14-10-8-11-15-30)31-16-12-9-13-17-31/h4-5,7-25,38H,1,6,26-27H2,2-3H3,(H,45,48)/b18-7-,33-5+,34-23+. The molecule has 0 radical (unpaired) electrons. The molecular formula is C42H37I2N3O5S. The smallest absolute Gasteiger partial charge is 0.285 e. The van der Waals surface area contributed by atoms with Gasteiger partial charge in [0.1, 0.15) is 12.2 Å². The molecule has 0 fully saturated rings. The van der Waals surface area contributed by atoms with Gasteiger partial charge in [0.15, 0.2) is 16.7 Å². The van der Waals surface area contributed by atoms with E-state index >= 15 is 0 Å². The number of amides is 3. The maximum absolute atomic E-state index is 14.2. The number of amidine groups is 1. The van der Waals surface area contributed by atoms with E-state index in [2.05, 4.69) is 62.1 Å². The molecule has 4 aromatic carbocycles. The van der Waals surface area contributed by atoms with Crippen LogP contribution < -0.4 is 14.8 Å². The Balaban J connectivity index is 1.42. The zero-order chi connectivity index (χ0) is 37.7. The van der Waals surface area contributed by atoms with Crippen molar-refractivity contribution in [3.05, 3.63) is 169 Å². The first-order valence-electron chi connectivity index (χ1n) is 16.7. The van der Waals surface area contributed by atoms with E-state index in [-0.39, 0.29) is 22.4 Å². The molecule has 1 N–H and O–H groups in total. The number of halogens is 2. The number of hydrogen-bond donors (Lipinski definition) is 1. The van der Waals surface area contributed by atoms with Gasteiger partial charge in [0, 0.05) is 9.27 Å². The Labute approximate surface area is 341 Å². The van der Waals surface area contributed by atoms with Gasteiger partial charge in [0.25, 0.3) is 11.8 Å². The number of nitrogens with zero attached hydrogens (tertiary/aromatic N) is 2. The Morgan fingerprint density at radius 3 is 2.23 bits per heavy atom. The molecule has 53 heavy (non-hydrogen) atoms. The first kappa shape index (κ1) is 39.7. The topological polar surface area (TPSA) is 97.3 Å². The molecule has 11 heteroatoms. The van der Waals surface area contributed by atoms with E-state index in [1.54, 1.807) is 37.3 Å². The minimum Gasteiger partial charge on any atom is -0.490 e. The highest BCUT2D eigenvalue weighted by Gasteiger charge is 2.35. The molecule has 0 spiro atoms. The average Bonchev–Trinajstić information content (AvgIpc) is 3.16. The van der Waals surface area contributed by atoms with Crippen molar-refractivity contribution in [1.82, 2.24) is 10.2 Å². The van der Waals surface area contributed by atoms with Crippen LogP contribution in [0.4, 0.5) is 0 Å². The molecule has 1 aliphatic heterocycles. The number of thioether (sulfide) groups is 1. The van der Waals surface area contributed by atoms with Crippen LogP contribution in [0.25, 0.3) is 6.08 Å². The minimum absolute atomic E-state index is 0.0904.